The molecule has 2 N–H and O–H groups in total. The first-order chi connectivity index (χ1) is 8.08. The van der Waals surface area contributed by atoms with E-state index in [9.17, 15) is 0 Å². The van der Waals surface area contributed by atoms with Crippen molar-refractivity contribution in [3.63, 3.8) is 0 Å². The summed E-state index contributed by atoms with van der Waals surface area (Å²) in [5.41, 5.74) is 8.27. The number of hydrogen-bond acceptors (Lipinski definition) is 4. The van der Waals surface area contributed by atoms with Crippen molar-refractivity contribution >= 4 is 23.1 Å². The van der Waals surface area contributed by atoms with Crippen molar-refractivity contribution in [1.29, 1.82) is 0 Å². The van der Waals surface area contributed by atoms with Gasteiger partial charge in [-0.2, -0.15) is 5.10 Å². The lowest BCUT2D eigenvalue weighted by atomic mass is 10.1. The number of aromatic nitrogens is 2. The van der Waals surface area contributed by atoms with Crippen molar-refractivity contribution < 1.29 is 0 Å². The van der Waals surface area contributed by atoms with Crippen LogP contribution in [0.25, 0.3) is 0 Å². The number of aryl methyl sites for hydroxylation is 2. The predicted molar refractivity (Wildman–Crippen MR) is 73.7 cm³/mol. The molecule has 0 radical (unpaired) electrons. The molecule has 3 nitrogen and oxygen atoms in total. The minimum Gasteiger partial charge on any atom is -0.328 e. The van der Waals surface area contributed by atoms with Gasteiger partial charge in [-0.1, -0.05) is 17.8 Å². The van der Waals surface area contributed by atoms with E-state index in [1.54, 1.807) is 23.1 Å². The van der Waals surface area contributed by atoms with Crippen LogP contribution in [0.3, 0.4) is 0 Å². The van der Waals surface area contributed by atoms with Gasteiger partial charge in [0, 0.05) is 18.7 Å². The molecule has 0 aliphatic carbocycles. The summed E-state index contributed by atoms with van der Waals surface area (Å²) in [4.78, 5) is 0. The number of nitrogens with zero attached hydrogens (tertiary/aromatic N) is 2. The van der Waals surface area contributed by atoms with Gasteiger partial charge in [0.25, 0.3) is 0 Å². The molecular weight excluding hydrogens is 250 g/mol. The number of thiophene rings is 1. The van der Waals surface area contributed by atoms with Crippen molar-refractivity contribution in [2.75, 3.05) is 0 Å². The van der Waals surface area contributed by atoms with Crippen LogP contribution in [0.2, 0.25) is 0 Å². The molecule has 2 rings (SSSR count). The smallest absolute Gasteiger partial charge is 0.103 e. The number of rotatable bonds is 4. The second-order valence-electron chi connectivity index (χ2n) is 4.21. The molecule has 5 heteroatoms. The molecule has 2 aromatic heterocycles. The van der Waals surface area contributed by atoms with Gasteiger partial charge in [-0.05, 0) is 31.7 Å². The Labute approximate surface area is 110 Å². The van der Waals surface area contributed by atoms with Gasteiger partial charge >= 0.3 is 0 Å². The summed E-state index contributed by atoms with van der Waals surface area (Å²) in [5, 5.41) is 7.79. The fraction of sp³-hybridized carbons (Fsp3) is 0.417. The molecule has 17 heavy (non-hydrogen) atoms. The molecule has 0 fully saturated rings. The van der Waals surface area contributed by atoms with E-state index in [0.29, 0.717) is 0 Å². The molecule has 0 aromatic carbocycles. The Hall–Kier alpha value is -0.780. The summed E-state index contributed by atoms with van der Waals surface area (Å²) in [5.74, 6) is 0. The Bertz CT molecular complexity index is 486. The fourth-order valence-electron chi connectivity index (χ4n) is 1.78. The Morgan fingerprint density at radius 1 is 1.59 bits per heavy atom. The highest BCUT2D eigenvalue weighted by Crippen LogP contribution is 2.34. The largest absolute Gasteiger partial charge is 0.328 e. The highest BCUT2D eigenvalue weighted by atomic mass is 32.2. The van der Waals surface area contributed by atoms with Gasteiger partial charge in [-0.25, -0.2) is 0 Å². The van der Waals surface area contributed by atoms with E-state index in [1.807, 2.05) is 18.7 Å². The second kappa shape index (κ2) is 5.25. The van der Waals surface area contributed by atoms with Crippen LogP contribution >= 0.6 is 23.1 Å². The van der Waals surface area contributed by atoms with Crippen LogP contribution in [-0.4, -0.2) is 15.8 Å². The molecule has 1 atom stereocenters. The van der Waals surface area contributed by atoms with Gasteiger partial charge in [0.15, 0.2) is 0 Å². The van der Waals surface area contributed by atoms with Gasteiger partial charge in [-0.3, -0.25) is 4.68 Å². The van der Waals surface area contributed by atoms with E-state index in [0.717, 1.165) is 12.1 Å². The maximum Gasteiger partial charge on any atom is 0.103 e. The fourth-order valence-corrected chi connectivity index (χ4v) is 3.69. The van der Waals surface area contributed by atoms with E-state index < -0.39 is 0 Å². The molecular formula is C12H17N3S2. The predicted octanol–water partition coefficient (Wildman–Crippen LogP) is 2.83. The molecule has 2 heterocycles. The van der Waals surface area contributed by atoms with E-state index in [2.05, 4.69) is 29.5 Å². The molecule has 0 aliphatic rings. The Morgan fingerprint density at radius 2 is 2.35 bits per heavy atom. The van der Waals surface area contributed by atoms with Crippen molar-refractivity contribution in [2.45, 2.75) is 35.5 Å². The topological polar surface area (TPSA) is 43.8 Å². The SMILES string of the molecule is Cc1nn(C)c(Sc2cccs2)c1CC(C)N. The second-order valence-corrected chi connectivity index (χ2v) is 6.45. The first-order valence-electron chi connectivity index (χ1n) is 5.57. The normalized spacial score (nSPS) is 12.9. The summed E-state index contributed by atoms with van der Waals surface area (Å²) >= 11 is 3.53. The molecule has 1 unspecified atom stereocenters. The Balaban J connectivity index is 2.31. The van der Waals surface area contributed by atoms with Gasteiger partial charge in [-0.15, -0.1) is 11.3 Å². The van der Waals surface area contributed by atoms with E-state index in [-0.39, 0.29) is 6.04 Å². The summed E-state index contributed by atoms with van der Waals surface area (Å²) in [6, 6.07) is 4.37. The van der Waals surface area contributed by atoms with E-state index >= 15 is 0 Å². The van der Waals surface area contributed by atoms with Crippen molar-refractivity contribution in [2.24, 2.45) is 12.8 Å². The third kappa shape index (κ3) is 2.91. The van der Waals surface area contributed by atoms with Gasteiger partial charge < -0.3 is 5.73 Å². The molecule has 0 amide bonds. The van der Waals surface area contributed by atoms with Crippen LogP contribution in [0.5, 0.6) is 0 Å². The minimum absolute atomic E-state index is 0.167. The molecule has 0 aliphatic heterocycles. The zero-order valence-electron chi connectivity index (χ0n) is 10.3. The van der Waals surface area contributed by atoms with Gasteiger partial charge in [0.05, 0.1) is 9.90 Å². The molecule has 0 saturated heterocycles. The molecule has 0 saturated carbocycles. The van der Waals surface area contributed by atoms with E-state index in [4.69, 9.17) is 5.73 Å². The highest BCUT2D eigenvalue weighted by molar-refractivity contribution is 8.01. The van der Waals surface area contributed by atoms with Crippen molar-refractivity contribution in [3.8, 4) is 0 Å². The maximum absolute atomic E-state index is 5.90. The molecule has 0 bridgehead atoms. The minimum atomic E-state index is 0.167. The summed E-state index contributed by atoms with van der Waals surface area (Å²) in [6.07, 6.45) is 0.882. The first kappa shape index (κ1) is 12.7. The Morgan fingerprint density at radius 3 is 2.94 bits per heavy atom. The van der Waals surface area contributed by atoms with Crippen LogP contribution in [0, 0.1) is 6.92 Å². The number of hydrogen-bond donors (Lipinski definition) is 1. The van der Waals surface area contributed by atoms with Gasteiger partial charge in [0.1, 0.15) is 5.03 Å². The monoisotopic (exact) mass is 267 g/mol. The highest BCUT2D eigenvalue weighted by Gasteiger charge is 2.15. The molecule has 0 spiro atoms. The lowest BCUT2D eigenvalue weighted by Gasteiger charge is -2.07. The van der Waals surface area contributed by atoms with Crippen LogP contribution in [0.1, 0.15) is 18.2 Å². The standard InChI is InChI=1S/C12H17N3S2/c1-8(13)7-10-9(2)14-15(3)12(10)17-11-5-4-6-16-11/h4-6,8H,7,13H2,1-3H3. The average molecular weight is 267 g/mol. The third-order valence-electron chi connectivity index (χ3n) is 2.51. The summed E-state index contributed by atoms with van der Waals surface area (Å²) in [6.45, 7) is 4.09. The van der Waals surface area contributed by atoms with Crippen molar-refractivity contribution in [3.05, 3.63) is 28.8 Å². The lowest BCUT2D eigenvalue weighted by molar-refractivity contribution is 0.677. The zero-order chi connectivity index (χ0) is 12.4. The Kier molecular flexibility index (Phi) is 3.91. The van der Waals surface area contributed by atoms with Crippen LogP contribution < -0.4 is 5.73 Å². The zero-order valence-corrected chi connectivity index (χ0v) is 11.9. The van der Waals surface area contributed by atoms with Gasteiger partial charge in [0.2, 0.25) is 0 Å². The van der Waals surface area contributed by atoms with Crippen LogP contribution in [0.4, 0.5) is 0 Å². The molecule has 2 aromatic rings. The first-order valence-corrected chi connectivity index (χ1v) is 7.27. The summed E-state index contributed by atoms with van der Waals surface area (Å²) in [7, 11) is 1.99. The quantitative estimate of drug-likeness (QED) is 0.926. The van der Waals surface area contributed by atoms with Crippen molar-refractivity contribution in [1.82, 2.24) is 9.78 Å². The van der Waals surface area contributed by atoms with Crippen LogP contribution in [-0.2, 0) is 13.5 Å². The third-order valence-corrected chi connectivity index (χ3v) is 4.75. The van der Waals surface area contributed by atoms with E-state index in [1.165, 1.54) is 14.8 Å². The lowest BCUT2D eigenvalue weighted by Crippen LogP contribution is -2.18. The summed E-state index contributed by atoms with van der Waals surface area (Å²) < 4.78 is 3.25. The number of nitrogens with two attached hydrogens (primary N) is 1. The van der Waals surface area contributed by atoms with Crippen LogP contribution in [0.15, 0.2) is 26.7 Å². The molecule has 92 valence electrons. The maximum atomic E-state index is 5.90. The average Bonchev–Trinajstić information content (AvgIpc) is 2.82.